The van der Waals surface area contributed by atoms with Crippen LogP contribution in [0, 0.1) is 11.3 Å². The lowest BCUT2D eigenvalue weighted by atomic mass is 10.2. The zero-order valence-corrected chi connectivity index (χ0v) is 13.4. The van der Waals surface area contributed by atoms with Gasteiger partial charge in [-0.15, -0.1) is 10.2 Å². The predicted molar refractivity (Wildman–Crippen MR) is 83.3 cm³/mol. The molecule has 0 bridgehead atoms. The molecule has 0 fully saturated rings. The molecule has 0 aliphatic rings. The van der Waals surface area contributed by atoms with E-state index in [1.807, 2.05) is 35.8 Å². The first-order valence-electron chi connectivity index (χ1n) is 6.40. The standard InChI is InChI=1S/C14H15ClN4OS/c1-10(9-16)21-14-18-17-13(19(14)7-8-20-2)11-3-5-12(15)6-4-11/h3-6,10H,7-8H2,1-2H3/t10-/m0/s1. The second-order valence-corrected chi connectivity index (χ2v) is 6.09. The third-order valence-corrected chi connectivity index (χ3v) is 4.03. The van der Waals surface area contributed by atoms with E-state index < -0.39 is 0 Å². The molecular formula is C14H15ClN4OS. The fourth-order valence-corrected chi connectivity index (χ4v) is 2.64. The zero-order chi connectivity index (χ0) is 15.2. The summed E-state index contributed by atoms with van der Waals surface area (Å²) in [5, 5.41) is 18.6. The van der Waals surface area contributed by atoms with Crippen LogP contribution in [-0.4, -0.2) is 33.7 Å². The highest BCUT2D eigenvalue weighted by atomic mass is 35.5. The van der Waals surface area contributed by atoms with Crippen LogP contribution >= 0.6 is 23.4 Å². The summed E-state index contributed by atoms with van der Waals surface area (Å²) in [6.07, 6.45) is 0. The highest BCUT2D eigenvalue weighted by Gasteiger charge is 2.16. The Morgan fingerprint density at radius 2 is 2.10 bits per heavy atom. The van der Waals surface area contributed by atoms with Gasteiger partial charge < -0.3 is 4.74 Å². The SMILES string of the molecule is COCCn1c(S[C@@H](C)C#N)nnc1-c1ccc(Cl)cc1. The van der Waals surface area contributed by atoms with Crippen LogP contribution in [0.25, 0.3) is 11.4 Å². The number of ether oxygens (including phenoxy) is 1. The lowest BCUT2D eigenvalue weighted by Gasteiger charge is -2.10. The van der Waals surface area contributed by atoms with E-state index in [-0.39, 0.29) is 5.25 Å². The van der Waals surface area contributed by atoms with Crippen molar-refractivity contribution < 1.29 is 4.74 Å². The van der Waals surface area contributed by atoms with Gasteiger partial charge in [0.15, 0.2) is 11.0 Å². The number of thioether (sulfide) groups is 1. The fraction of sp³-hybridized carbons (Fsp3) is 0.357. The molecular weight excluding hydrogens is 308 g/mol. The minimum absolute atomic E-state index is 0.187. The van der Waals surface area contributed by atoms with Gasteiger partial charge >= 0.3 is 0 Å². The molecule has 1 heterocycles. The van der Waals surface area contributed by atoms with Crippen molar-refractivity contribution in [2.45, 2.75) is 23.9 Å². The van der Waals surface area contributed by atoms with E-state index in [4.69, 9.17) is 21.6 Å². The Balaban J connectivity index is 2.36. The molecule has 21 heavy (non-hydrogen) atoms. The summed E-state index contributed by atoms with van der Waals surface area (Å²) in [4.78, 5) is 0. The number of rotatable bonds is 6. The maximum atomic E-state index is 8.95. The molecule has 1 atom stereocenters. The molecule has 0 saturated heterocycles. The van der Waals surface area contributed by atoms with Crippen molar-refractivity contribution in [2.24, 2.45) is 0 Å². The molecule has 110 valence electrons. The number of hydrogen-bond donors (Lipinski definition) is 0. The largest absolute Gasteiger partial charge is 0.383 e. The van der Waals surface area contributed by atoms with Gasteiger partial charge in [-0.2, -0.15) is 5.26 Å². The topological polar surface area (TPSA) is 63.7 Å². The van der Waals surface area contributed by atoms with E-state index >= 15 is 0 Å². The predicted octanol–water partition coefficient (Wildman–Crippen LogP) is 3.25. The van der Waals surface area contributed by atoms with Crippen molar-refractivity contribution in [3.63, 3.8) is 0 Å². The average molecular weight is 323 g/mol. The third-order valence-electron chi connectivity index (χ3n) is 2.80. The van der Waals surface area contributed by atoms with Crippen LogP contribution in [0.4, 0.5) is 0 Å². The second kappa shape index (κ2) is 7.46. The quantitative estimate of drug-likeness (QED) is 0.764. The van der Waals surface area contributed by atoms with Crippen LogP contribution in [0.5, 0.6) is 0 Å². The summed E-state index contributed by atoms with van der Waals surface area (Å²) >= 11 is 7.30. The Labute approximate surface area is 132 Å². The molecule has 0 amide bonds. The fourth-order valence-electron chi connectivity index (χ4n) is 1.76. The molecule has 2 aromatic rings. The molecule has 0 N–H and O–H groups in total. The van der Waals surface area contributed by atoms with E-state index in [9.17, 15) is 0 Å². The van der Waals surface area contributed by atoms with Crippen LogP contribution in [0.15, 0.2) is 29.4 Å². The molecule has 0 aliphatic heterocycles. The summed E-state index contributed by atoms with van der Waals surface area (Å²) in [6.45, 7) is 3.01. The minimum Gasteiger partial charge on any atom is -0.383 e. The molecule has 0 unspecified atom stereocenters. The number of hydrogen-bond acceptors (Lipinski definition) is 5. The first-order chi connectivity index (χ1) is 10.2. The summed E-state index contributed by atoms with van der Waals surface area (Å²) in [6, 6.07) is 9.62. The van der Waals surface area contributed by atoms with E-state index in [0.717, 1.165) is 11.4 Å². The summed E-state index contributed by atoms with van der Waals surface area (Å²) in [5.74, 6) is 0.747. The number of halogens is 1. The Hall–Kier alpha value is -1.55. The van der Waals surface area contributed by atoms with Crippen LogP contribution in [0.1, 0.15) is 6.92 Å². The molecule has 0 spiro atoms. The lowest BCUT2D eigenvalue weighted by Crippen LogP contribution is -2.08. The van der Waals surface area contributed by atoms with Crippen molar-refractivity contribution in [3.8, 4) is 17.5 Å². The molecule has 0 radical (unpaired) electrons. The van der Waals surface area contributed by atoms with Gasteiger partial charge in [0.05, 0.1) is 24.5 Å². The van der Waals surface area contributed by atoms with Crippen molar-refractivity contribution in [1.29, 1.82) is 5.26 Å². The van der Waals surface area contributed by atoms with Gasteiger partial charge in [-0.25, -0.2) is 0 Å². The summed E-state index contributed by atoms with van der Waals surface area (Å²) < 4.78 is 7.10. The average Bonchev–Trinajstić information content (AvgIpc) is 2.88. The summed E-state index contributed by atoms with van der Waals surface area (Å²) in [5.41, 5.74) is 0.930. The highest BCUT2D eigenvalue weighted by molar-refractivity contribution is 8.00. The second-order valence-electron chi connectivity index (χ2n) is 4.35. The number of nitrogens with zero attached hydrogens (tertiary/aromatic N) is 4. The van der Waals surface area contributed by atoms with E-state index in [2.05, 4.69) is 16.3 Å². The molecule has 2 rings (SSSR count). The molecule has 0 aliphatic carbocycles. The smallest absolute Gasteiger partial charge is 0.192 e. The molecule has 1 aromatic heterocycles. The van der Waals surface area contributed by atoms with Crippen LogP contribution in [-0.2, 0) is 11.3 Å². The molecule has 1 aromatic carbocycles. The third kappa shape index (κ3) is 3.97. The van der Waals surface area contributed by atoms with Crippen molar-refractivity contribution in [3.05, 3.63) is 29.3 Å². The van der Waals surface area contributed by atoms with E-state index in [0.29, 0.717) is 23.3 Å². The van der Waals surface area contributed by atoms with Gasteiger partial charge in [0.2, 0.25) is 0 Å². The van der Waals surface area contributed by atoms with Gasteiger partial charge in [-0.3, -0.25) is 4.57 Å². The van der Waals surface area contributed by atoms with Crippen molar-refractivity contribution in [2.75, 3.05) is 13.7 Å². The van der Waals surface area contributed by atoms with Crippen molar-refractivity contribution in [1.82, 2.24) is 14.8 Å². The number of nitriles is 1. The number of methoxy groups -OCH3 is 1. The first kappa shape index (κ1) is 15.8. The maximum absolute atomic E-state index is 8.95. The first-order valence-corrected chi connectivity index (χ1v) is 7.66. The Kier molecular flexibility index (Phi) is 5.62. The van der Waals surface area contributed by atoms with Gasteiger partial charge in [0.25, 0.3) is 0 Å². The molecule has 5 nitrogen and oxygen atoms in total. The normalized spacial score (nSPS) is 12.1. The number of aromatic nitrogens is 3. The monoisotopic (exact) mass is 322 g/mol. The molecule has 7 heteroatoms. The summed E-state index contributed by atoms with van der Waals surface area (Å²) in [7, 11) is 1.65. The Morgan fingerprint density at radius 3 is 2.71 bits per heavy atom. The van der Waals surface area contributed by atoms with Crippen molar-refractivity contribution >= 4 is 23.4 Å². The van der Waals surface area contributed by atoms with Gasteiger partial charge in [0.1, 0.15) is 0 Å². The maximum Gasteiger partial charge on any atom is 0.192 e. The van der Waals surface area contributed by atoms with Crippen LogP contribution in [0.2, 0.25) is 5.02 Å². The van der Waals surface area contributed by atoms with E-state index in [1.165, 1.54) is 11.8 Å². The van der Waals surface area contributed by atoms with Gasteiger partial charge in [-0.05, 0) is 31.2 Å². The zero-order valence-electron chi connectivity index (χ0n) is 11.8. The Morgan fingerprint density at radius 1 is 1.38 bits per heavy atom. The van der Waals surface area contributed by atoms with Crippen LogP contribution in [0.3, 0.4) is 0 Å². The van der Waals surface area contributed by atoms with Gasteiger partial charge in [0, 0.05) is 17.7 Å². The molecule has 0 saturated carbocycles. The van der Waals surface area contributed by atoms with Crippen LogP contribution < -0.4 is 0 Å². The van der Waals surface area contributed by atoms with Gasteiger partial charge in [-0.1, -0.05) is 23.4 Å². The highest BCUT2D eigenvalue weighted by Crippen LogP contribution is 2.27. The minimum atomic E-state index is -0.187. The number of benzene rings is 1. The lowest BCUT2D eigenvalue weighted by molar-refractivity contribution is 0.185. The Bertz CT molecular complexity index is 635. The van der Waals surface area contributed by atoms with E-state index in [1.54, 1.807) is 7.11 Å².